The Labute approximate surface area is 131 Å². The molecule has 0 radical (unpaired) electrons. The summed E-state index contributed by atoms with van der Waals surface area (Å²) in [4.78, 5) is 11.7. The molecule has 0 aromatic heterocycles. The summed E-state index contributed by atoms with van der Waals surface area (Å²) in [5, 5.41) is 2.51. The summed E-state index contributed by atoms with van der Waals surface area (Å²) in [6.45, 7) is 2.89. The van der Waals surface area contributed by atoms with Crippen LogP contribution in [0.3, 0.4) is 0 Å². The summed E-state index contributed by atoms with van der Waals surface area (Å²) in [5.74, 6) is -0.0485. The second-order valence-corrected chi connectivity index (χ2v) is 7.67. The number of piperidine rings is 1. The van der Waals surface area contributed by atoms with Gasteiger partial charge >= 0.3 is 0 Å². The molecule has 0 unspecified atom stereocenters. The van der Waals surface area contributed by atoms with Gasteiger partial charge in [-0.3, -0.25) is 4.79 Å². The number of hydrogen-bond acceptors (Lipinski definition) is 4. The molecule has 2 atom stereocenters. The quantitative estimate of drug-likeness (QED) is 0.856. The van der Waals surface area contributed by atoms with Crippen LogP contribution in [0.15, 0.2) is 29.2 Å². The molecule has 122 valence electrons. The van der Waals surface area contributed by atoms with Gasteiger partial charge in [-0.1, -0.05) is 0 Å². The number of benzene rings is 1. The van der Waals surface area contributed by atoms with Gasteiger partial charge in [0.25, 0.3) is 5.91 Å². The Morgan fingerprint density at radius 2 is 2.00 bits per heavy atom. The van der Waals surface area contributed by atoms with Crippen LogP contribution in [-0.2, 0) is 10.0 Å². The molecule has 1 aromatic carbocycles. The van der Waals surface area contributed by atoms with Crippen LogP contribution in [0.1, 0.15) is 30.1 Å². The van der Waals surface area contributed by atoms with Crippen LogP contribution < -0.4 is 11.1 Å². The highest BCUT2D eigenvalue weighted by atomic mass is 32.2. The number of hydrogen-bond donors (Lipinski definition) is 2. The molecule has 0 spiro atoms. The van der Waals surface area contributed by atoms with Crippen LogP contribution in [-0.4, -0.2) is 44.8 Å². The number of nitrogens with one attached hydrogen (secondary N) is 1. The maximum absolute atomic E-state index is 12.7. The molecule has 1 aromatic rings. The normalized spacial score (nSPS) is 21.3. The third-order valence-electron chi connectivity index (χ3n) is 4.15. The van der Waals surface area contributed by atoms with Crippen molar-refractivity contribution in [3.05, 3.63) is 29.8 Å². The van der Waals surface area contributed by atoms with Crippen molar-refractivity contribution in [3.63, 3.8) is 0 Å². The predicted octanol–water partition coefficient (Wildman–Crippen LogP) is 0.794. The van der Waals surface area contributed by atoms with Gasteiger partial charge in [0.2, 0.25) is 10.0 Å². The molecule has 0 saturated carbocycles. The Hall–Kier alpha value is -1.44. The zero-order chi connectivity index (χ0) is 16.3. The van der Waals surface area contributed by atoms with Gasteiger partial charge < -0.3 is 11.1 Å². The third kappa shape index (κ3) is 3.48. The number of amides is 1. The van der Waals surface area contributed by atoms with Crippen molar-refractivity contribution in [1.29, 1.82) is 0 Å². The first-order chi connectivity index (χ1) is 10.4. The number of rotatable bonds is 4. The molecule has 3 N–H and O–H groups in total. The Morgan fingerprint density at radius 3 is 2.55 bits per heavy atom. The summed E-state index contributed by atoms with van der Waals surface area (Å²) < 4.78 is 26.9. The fourth-order valence-corrected chi connectivity index (χ4v) is 4.23. The van der Waals surface area contributed by atoms with Gasteiger partial charge in [-0.15, -0.1) is 0 Å². The fraction of sp³-hybridized carbons (Fsp3) is 0.533. The van der Waals surface area contributed by atoms with Crippen LogP contribution >= 0.6 is 0 Å². The average molecular weight is 325 g/mol. The third-order valence-corrected chi connectivity index (χ3v) is 6.02. The van der Waals surface area contributed by atoms with Gasteiger partial charge in [0.05, 0.1) is 4.90 Å². The van der Waals surface area contributed by atoms with E-state index < -0.39 is 10.0 Å². The summed E-state index contributed by atoms with van der Waals surface area (Å²) in [7, 11) is -2.00. The lowest BCUT2D eigenvalue weighted by molar-refractivity contribution is 0.0963. The number of nitrogens with two attached hydrogens (primary N) is 1. The Bertz CT molecular complexity index is 626. The molecule has 1 aliphatic rings. The van der Waals surface area contributed by atoms with E-state index in [2.05, 4.69) is 5.32 Å². The van der Waals surface area contributed by atoms with Crippen molar-refractivity contribution in [2.75, 3.05) is 20.1 Å². The molecule has 22 heavy (non-hydrogen) atoms. The van der Waals surface area contributed by atoms with E-state index in [1.165, 1.54) is 35.6 Å². The second kappa shape index (κ2) is 6.76. The summed E-state index contributed by atoms with van der Waals surface area (Å²) in [5.41, 5.74) is 6.35. The SMILES string of the molecule is CNC(=O)c1ccc(S(=O)(=O)N2CCC[C@H]([C@@H](C)N)C2)cc1. The largest absolute Gasteiger partial charge is 0.355 e. The van der Waals surface area contributed by atoms with Crippen molar-refractivity contribution in [1.82, 2.24) is 9.62 Å². The monoisotopic (exact) mass is 325 g/mol. The molecule has 2 rings (SSSR count). The lowest BCUT2D eigenvalue weighted by Crippen LogP contribution is -2.44. The van der Waals surface area contributed by atoms with E-state index >= 15 is 0 Å². The van der Waals surface area contributed by atoms with E-state index in [0.29, 0.717) is 18.7 Å². The molecule has 1 heterocycles. The maximum Gasteiger partial charge on any atom is 0.251 e. The van der Waals surface area contributed by atoms with E-state index in [-0.39, 0.29) is 22.8 Å². The van der Waals surface area contributed by atoms with Crippen LogP contribution in [0.2, 0.25) is 0 Å². The molecule has 1 aliphatic heterocycles. The molecule has 0 aliphatic carbocycles. The number of carbonyl (C=O) groups is 1. The van der Waals surface area contributed by atoms with Gasteiger partial charge in [-0.2, -0.15) is 4.31 Å². The van der Waals surface area contributed by atoms with Gasteiger partial charge in [0.15, 0.2) is 0 Å². The Balaban J connectivity index is 2.21. The number of sulfonamides is 1. The van der Waals surface area contributed by atoms with Crippen molar-refractivity contribution in [2.24, 2.45) is 11.7 Å². The summed E-state index contributed by atoms with van der Waals surface area (Å²) in [6, 6.07) is 6.00. The van der Waals surface area contributed by atoms with Crippen molar-refractivity contribution in [3.8, 4) is 0 Å². The van der Waals surface area contributed by atoms with Gasteiger partial charge in [-0.25, -0.2) is 8.42 Å². The summed E-state index contributed by atoms with van der Waals surface area (Å²) in [6.07, 6.45) is 1.78. The van der Waals surface area contributed by atoms with E-state index in [1.807, 2.05) is 6.92 Å². The van der Waals surface area contributed by atoms with Crippen molar-refractivity contribution < 1.29 is 13.2 Å². The Morgan fingerprint density at radius 1 is 1.36 bits per heavy atom. The predicted molar refractivity (Wildman–Crippen MR) is 85.0 cm³/mol. The topological polar surface area (TPSA) is 92.5 Å². The van der Waals surface area contributed by atoms with E-state index in [9.17, 15) is 13.2 Å². The van der Waals surface area contributed by atoms with Gasteiger partial charge in [0, 0.05) is 31.7 Å². The molecular formula is C15H23N3O3S. The van der Waals surface area contributed by atoms with E-state index in [0.717, 1.165) is 12.8 Å². The van der Waals surface area contributed by atoms with Crippen LogP contribution in [0.5, 0.6) is 0 Å². The smallest absolute Gasteiger partial charge is 0.251 e. The number of nitrogens with zero attached hydrogens (tertiary/aromatic N) is 1. The van der Waals surface area contributed by atoms with Crippen LogP contribution in [0.4, 0.5) is 0 Å². The van der Waals surface area contributed by atoms with Crippen molar-refractivity contribution in [2.45, 2.75) is 30.7 Å². The molecular weight excluding hydrogens is 302 g/mol. The molecule has 0 bridgehead atoms. The van der Waals surface area contributed by atoms with Gasteiger partial charge in [0.1, 0.15) is 0 Å². The summed E-state index contributed by atoms with van der Waals surface area (Å²) >= 11 is 0. The molecule has 1 saturated heterocycles. The van der Waals surface area contributed by atoms with E-state index in [1.54, 1.807) is 0 Å². The maximum atomic E-state index is 12.7. The average Bonchev–Trinajstić information content (AvgIpc) is 2.54. The standard InChI is InChI=1S/C15H23N3O3S/c1-11(16)13-4-3-9-18(10-13)22(20,21)14-7-5-12(6-8-14)15(19)17-2/h5-8,11,13H,3-4,9-10,16H2,1-2H3,(H,17,19)/t11-,13+/m1/s1. The minimum atomic E-state index is -3.53. The van der Waals surface area contributed by atoms with Crippen LogP contribution in [0.25, 0.3) is 0 Å². The highest BCUT2D eigenvalue weighted by Gasteiger charge is 2.31. The zero-order valence-corrected chi connectivity index (χ0v) is 13.8. The first kappa shape index (κ1) is 16.9. The minimum Gasteiger partial charge on any atom is -0.355 e. The van der Waals surface area contributed by atoms with Crippen LogP contribution in [0, 0.1) is 5.92 Å². The lowest BCUT2D eigenvalue weighted by atomic mass is 9.93. The highest BCUT2D eigenvalue weighted by molar-refractivity contribution is 7.89. The molecule has 1 fully saturated rings. The minimum absolute atomic E-state index is 0.0198. The highest BCUT2D eigenvalue weighted by Crippen LogP contribution is 2.25. The molecule has 6 nitrogen and oxygen atoms in total. The Kier molecular flexibility index (Phi) is 5.20. The second-order valence-electron chi connectivity index (χ2n) is 5.73. The van der Waals surface area contributed by atoms with Crippen molar-refractivity contribution >= 4 is 15.9 Å². The number of carbonyl (C=O) groups excluding carboxylic acids is 1. The zero-order valence-electron chi connectivity index (χ0n) is 13.0. The fourth-order valence-electron chi connectivity index (χ4n) is 2.69. The first-order valence-electron chi connectivity index (χ1n) is 7.44. The van der Waals surface area contributed by atoms with E-state index in [4.69, 9.17) is 5.73 Å². The first-order valence-corrected chi connectivity index (χ1v) is 8.88. The lowest BCUT2D eigenvalue weighted by Gasteiger charge is -2.33. The molecule has 1 amide bonds. The molecule has 7 heteroatoms. The van der Waals surface area contributed by atoms with Gasteiger partial charge in [-0.05, 0) is 49.9 Å².